The number of aromatic amines is 1. The Labute approximate surface area is 178 Å². The fourth-order valence-corrected chi connectivity index (χ4v) is 5.08. The molecule has 5 nitrogen and oxygen atoms in total. The van der Waals surface area contributed by atoms with Crippen LogP contribution in [0.3, 0.4) is 0 Å². The summed E-state index contributed by atoms with van der Waals surface area (Å²) in [4.78, 5) is 16.2. The number of imidazole rings is 1. The average Bonchev–Trinajstić information content (AvgIpc) is 3.51. The summed E-state index contributed by atoms with van der Waals surface area (Å²) >= 11 is 1.69. The van der Waals surface area contributed by atoms with E-state index >= 15 is 0 Å². The molecule has 148 valence electrons. The van der Waals surface area contributed by atoms with Crippen LogP contribution in [0.1, 0.15) is 17.7 Å². The quantitative estimate of drug-likeness (QED) is 0.441. The van der Waals surface area contributed by atoms with Gasteiger partial charge in [0.25, 0.3) is 0 Å². The predicted molar refractivity (Wildman–Crippen MR) is 122 cm³/mol. The van der Waals surface area contributed by atoms with E-state index < -0.39 is 0 Å². The molecule has 6 heteroatoms. The number of fused-ring (bicyclic) bond motifs is 2. The lowest BCUT2D eigenvalue weighted by Crippen LogP contribution is -2.28. The number of thiazole rings is 1. The number of aromatic nitrogens is 4. The van der Waals surface area contributed by atoms with Crippen LogP contribution in [0.2, 0.25) is 0 Å². The summed E-state index contributed by atoms with van der Waals surface area (Å²) in [6, 6.07) is 14.7. The van der Waals surface area contributed by atoms with Crippen LogP contribution in [0.15, 0.2) is 72.5 Å². The zero-order valence-corrected chi connectivity index (χ0v) is 17.3. The van der Waals surface area contributed by atoms with Gasteiger partial charge in [-0.25, -0.2) is 9.97 Å². The van der Waals surface area contributed by atoms with Crippen LogP contribution < -0.4 is 0 Å². The van der Waals surface area contributed by atoms with E-state index in [0.717, 1.165) is 42.4 Å². The fourth-order valence-electron chi connectivity index (χ4n) is 4.34. The highest BCUT2D eigenvalue weighted by Crippen LogP contribution is 2.31. The normalized spacial score (nSPS) is 15.1. The van der Waals surface area contributed by atoms with Gasteiger partial charge in [0.1, 0.15) is 5.65 Å². The Hall–Kier alpha value is -3.22. The van der Waals surface area contributed by atoms with Gasteiger partial charge in [-0.1, -0.05) is 36.4 Å². The zero-order chi connectivity index (χ0) is 19.9. The summed E-state index contributed by atoms with van der Waals surface area (Å²) in [5.41, 5.74) is 7.20. The summed E-state index contributed by atoms with van der Waals surface area (Å²) in [6.45, 7) is 2.86. The number of rotatable bonds is 4. The minimum Gasteiger partial charge on any atom is -0.346 e. The van der Waals surface area contributed by atoms with Gasteiger partial charge in [-0.15, -0.1) is 11.3 Å². The molecule has 1 aromatic carbocycles. The van der Waals surface area contributed by atoms with Gasteiger partial charge in [0.15, 0.2) is 4.96 Å². The third kappa shape index (κ3) is 2.96. The molecule has 1 aliphatic rings. The molecule has 0 radical (unpaired) electrons. The van der Waals surface area contributed by atoms with Crippen molar-refractivity contribution in [3.8, 4) is 11.3 Å². The number of pyridine rings is 1. The molecule has 0 amide bonds. The molecule has 0 aliphatic carbocycles. The first-order valence-electron chi connectivity index (χ1n) is 10.2. The minimum atomic E-state index is 0.890. The lowest BCUT2D eigenvalue weighted by Gasteiger charge is -2.26. The molecular weight excluding hydrogens is 390 g/mol. The summed E-state index contributed by atoms with van der Waals surface area (Å²) in [5.74, 6) is 0. The van der Waals surface area contributed by atoms with E-state index in [4.69, 9.17) is 4.98 Å². The maximum atomic E-state index is 4.93. The number of hydrogen-bond acceptors (Lipinski definition) is 4. The van der Waals surface area contributed by atoms with Crippen molar-refractivity contribution in [3.05, 3.63) is 83.8 Å². The molecular formula is C24H21N5S. The van der Waals surface area contributed by atoms with Crippen molar-refractivity contribution in [1.29, 1.82) is 0 Å². The molecule has 5 aromatic rings. The van der Waals surface area contributed by atoms with Gasteiger partial charge in [-0.3, -0.25) is 9.30 Å². The molecule has 0 bridgehead atoms. The van der Waals surface area contributed by atoms with Gasteiger partial charge in [0, 0.05) is 60.1 Å². The minimum absolute atomic E-state index is 0.890. The first-order valence-corrected chi connectivity index (χ1v) is 11.1. The fraction of sp³-hybridized carbons (Fsp3) is 0.167. The third-order valence-electron chi connectivity index (χ3n) is 5.87. The summed E-state index contributed by atoms with van der Waals surface area (Å²) in [5, 5.41) is 3.32. The van der Waals surface area contributed by atoms with Crippen LogP contribution in [0.4, 0.5) is 0 Å². The number of benzene rings is 1. The third-order valence-corrected chi connectivity index (χ3v) is 6.63. The smallest absolute Gasteiger partial charge is 0.194 e. The SMILES string of the molecule is C1=C(c2c[nH]c3ncccc23)CCN(Cc2c(-c3ccccc3)nc3sccn23)C1. The number of nitrogens with one attached hydrogen (secondary N) is 1. The van der Waals surface area contributed by atoms with E-state index in [1.165, 1.54) is 27.8 Å². The largest absolute Gasteiger partial charge is 0.346 e. The van der Waals surface area contributed by atoms with Gasteiger partial charge in [0.05, 0.1) is 11.4 Å². The van der Waals surface area contributed by atoms with Crippen LogP contribution in [-0.2, 0) is 6.54 Å². The molecule has 1 N–H and O–H groups in total. The Morgan fingerprint density at radius 3 is 2.90 bits per heavy atom. The molecule has 0 atom stereocenters. The highest BCUT2D eigenvalue weighted by molar-refractivity contribution is 7.15. The molecule has 30 heavy (non-hydrogen) atoms. The van der Waals surface area contributed by atoms with Gasteiger partial charge >= 0.3 is 0 Å². The van der Waals surface area contributed by atoms with Crippen molar-refractivity contribution in [2.24, 2.45) is 0 Å². The average molecular weight is 412 g/mol. The van der Waals surface area contributed by atoms with Crippen LogP contribution in [0.5, 0.6) is 0 Å². The highest BCUT2D eigenvalue weighted by Gasteiger charge is 2.20. The van der Waals surface area contributed by atoms with Crippen LogP contribution in [0, 0.1) is 0 Å². The number of nitrogens with zero attached hydrogens (tertiary/aromatic N) is 4. The molecule has 0 fully saturated rings. The zero-order valence-electron chi connectivity index (χ0n) is 16.5. The Morgan fingerprint density at radius 2 is 2.03 bits per heavy atom. The van der Waals surface area contributed by atoms with E-state index in [-0.39, 0.29) is 0 Å². The lowest BCUT2D eigenvalue weighted by molar-refractivity contribution is 0.290. The van der Waals surface area contributed by atoms with E-state index in [1.54, 1.807) is 11.3 Å². The lowest BCUT2D eigenvalue weighted by atomic mass is 9.99. The standard InChI is InChI=1S/C24H21N5S/c1-2-5-18(6-3-1)22-21(29-13-14-30-24(29)27-22)16-28-11-8-17(9-12-28)20-15-26-23-19(20)7-4-10-25-23/h1-8,10,13-15H,9,11-12,16H2,(H,25,26). The number of hydrogen-bond donors (Lipinski definition) is 1. The second kappa shape index (κ2) is 7.23. The summed E-state index contributed by atoms with van der Waals surface area (Å²) in [7, 11) is 0. The molecule has 6 rings (SSSR count). The van der Waals surface area contributed by atoms with E-state index in [9.17, 15) is 0 Å². The first kappa shape index (κ1) is 17.6. The molecule has 0 saturated carbocycles. The van der Waals surface area contributed by atoms with Gasteiger partial charge in [0.2, 0.25) is 0 Å². The Balaban J connectivity index is 1.29. The van der Waals surface area contributed by atoms with Crippen molar-refractivity contribution in [2.75, 3.05) is 13.1 Å². The maximum Gasteiger partial charge on any atom is 0.194 e. The molecule has 4 aromatic heterocycles. The Morgan fingerprint density at radius 1 is 1.10 bits per heavy atom. The first-order chi connectivity index (χ1) is 14.9. The number of H-pyrrole nitrogens is 1. The van der Waals surface area contributed by atoms with Crippen molar-refractivity contribution in [1.82, 2.24) is 24.3 Å². The monoisotopic (exact) mass is 411 g/mol. The van der Waals surface area contributed by atoms with Crippen molar-refractivity contribution >= 4 is 32.9 Å². The van der Waals surface area contributed by atoms with E-state index in [2.05, 4.69) is 79.5 Å². The second-order valence-corrected chi connectivity index (χ2v) is 8.52. The summed E-state index contributed by atoms with van der Waals surface area (Å²) < 4.78 is 2.25. The van der Waals surface area contributed by atoms with Crippen molar-refractivity contribution in [2.45, 2.75) is 13.0 Å². The highest BCUT2D eigenvalue weighted by atomic mass is 32.1. The van der Waals surface area contributed by atoms with Gasteiger partial charge in [-0.2, -0.15) is 0 Å². The molecule has 1 aliphatic heterocycles. The van der Waals surface area contributed by atoms with Crippen molar-refractivity contribution in [3.63, 3.8) is 0 Å². The predicted octanol–water partition coefficient (Wildman–Crippen LogP) is 5.23. The van der Waals surface area contributed by atoms with Crippen molar-refractivity contribution < 1.29 is 0 Å². The Bertz CT molecular complexity index is 1360. The van der Waals surface area contributed by atoms with Crippen LogP contribution in [-0.4, -0.2) is 37.3 Å². The Kier molecular flexibility index (Phi) is 4.25. The molecule has 0 unspecified atom stereocenters. The topological polar surface area (TPSA) is 49.2 Å². The van der Waals surface area contributed by atoms with Gasteiger partial charge in [-0.05, 0) is 24.1 Å². The van der Waals surface area contributed by atoms with E-state index in [1.807, 2.05) is 12.3 Å². The second-order valence-electron chi connectivity index (χ2n) is 7.65. The van der Waals surface area contributed by atoms with Gasteiger partial charge < -0.3 is 4.98 Å². The molecule has 0 saturated heterocycles. The molecule has 5 heterocycles. The molecule has 0 spiro atoms. The van der Waals surface area contributed by atoms with Crippen LogP contribution >= 0.6 is 11.3 Å². The maximum absolute atomic E-state index is 4.93. The summed E-state index contributed by atoms with van der Waals surface area (Å²) in [6.07, 6.45) is 9.47. The van der Waals surface area contributed by atoms with E-state index in [0.29, 0.717) is 0 Å². The van der Waals surface area contributed by atoms with Crippen LogP contribution in [0.25, 0.3) is 32.8 Å².